The second kappa shape index (κ2) is 27.7. The molecule has 0 bridgehead atoms. The molecule has 0 aliphatic carbocycles. The van der Waals surface area contributed by atoms with Crippen molar-refractivity contribution in [2.75, 3.05) is 26.4 Å². The van der Waals surface area contributed by atoms with E-state index in [0.717, 1.165) is 0 Å². The topological polar surface area (TPSA) is 106 Å². The summed E-state index contributed by atoms with van der Waals surface area (Å²) in [7, 11) is -2.80. The van der Waals surface area contributed by atoms with Gasteiger partial charge in [-0.05, 0) is 27.7 Å². The van der Waals surface area contributed by atoms with Crippen molar-refractivity contribution in [2.45, 2.75) is 87.5 Å². The third-order valence-electron chi connectivity index (χ3n) is 1.28. The maximum atomic E-state index is 9.53. The van der Waals surface area contributed by atoms with Gasteiger partial charge >= 0.3 is 26.4 Å². The van der Waals surface area contributed by atoms with E-state index in [-0.39, 0.29) is 17.4 Å². The molecule has 0 saturated carbocycles. The second-order valence-electron chi connectivity index (χ2n) is 5.38. The van der Waals surface area contributed by atoms with Crippen molar-refractivity contribution in [1.29, 1.82) is 0 Å². The number of rotatable bonds is 8. The van der Waals surface area contributed by atoms with Crippen LogP contribution in [0.25, 0.3) is 0 Å². The van der Waals surface area contributed by atoms with Crippen LogP contribution in [0, 0.1) is 0 Å². The van der Waals surface area contributed by atoms with Gasteiger partial charge < -0.3 is 33.0 Å². The Morgan fingerprint density at radius 1 is 0.538 bits per heavy atom. The zero-order valence-corrected chi connectivity index (χ0v) is 20.7. The average Bonchev–Trinajstić information content (AvgIpc) is 2.37. The van der Waals surface area contributed by atoms with Gasteiger partial charge in [0.1, 0.15) is 0 Å². The van der Waals surface area contributed by atoms with Gasteiger partial charge in [-0.1, -0.05) is 41.5 Å². The molecule has 0 aromatic carbocycles. The molecule has 0 amide bonds. The van der Waals surface area contributed by atoms with Crippen LogP contribution in [0.1, 0.15) is 69.2 Å². The Morgan fingerprint density at radius 3 is 0.731 bits per heavy atom. The van der Waals surface area contributed by atoms with Crippen LogP contribution in [0.2, 0.25) is 0 Å². The van der Waals surface area contributed by atoms with Gasteiger partial charge in [0.15, 0.2) is 0 Å². The van der Waals surface area contributed by atoms with Crippen molar-refractivity contribution in [3.8, 4) is 0 Å². The summed E-state index contributed by atoms with van der Waals surface area (Å²) in [4.78, 5) is 0. The van der Waals surface area contributed by atoms with Crippen molar-refractivity contribution in [1.82, 2.24) is 0 Å². The smallest absolute Gasteiger partial charge is 0.852 e. The van der Waals surface area contributed by atoms with E-state index in [2.05, 4.69) is 0 Å². The van der Waals surface area contributed by atoms with Crippen LogP contribution < -0.4 is 15.3 Å². The summed E-state index contributed by atoms with van der Waals surface area (Å²) in [5.74, 6) is 0. The van der Waals surface area contributed by atoms with E-state index in [9.17, 15) is 15.3 Å². The molecular formula is C17H41AlO7Si. The summed E-state index contributed by atoms with van der Waals surface area (Å²) >= 11 is 0. The van der Waals surface area contributed by atoms with Gasteiger partial charge in [-0.25, -0.2) is 0 Å². The summed E-state index contributed by atoms with van der Waals surface area (Å²) < 4.78 is 21.7. The summed E-state index contributed by atoms with van der Waals surface area (Å²) in [5, 5.41) is 28.6. The van der Waals surface area contributed by atoms with Crippen molar-refractivity contribution >= 4 is 26.4 Å². The van der Waals surface area contributed by atoms with Gasteiger partial charge in [0.05, 0.1) is 0 Å². The molecule has 0 heterocycles. The fourth-order valence-electron chi connectivity index (χ4n) is 0.957. The van der Waals surface area contributed by atoms with Crippen LogP contribution in [0.4, 0.5) is 0 Å². The van der Waals surface area contributed by atoms with Crippen molar-refractivity contribution < 1.29 is 33.0 Å². The van der Waals surface area contributed by atoms with E-state index in [1.165, 1.54) is 0 Å². The van der Waals surface area contributed by atoms with Crippen LogP contribution in [0.3, 0.4) is 0 Å². The van der Waals surface area contributed by atoms with E-state index < -0.39 is 27.4 Å². The van der Waals surface area contributed by atoms with Crippen LogP contribution >= 0.6 is 0 Å². The third-order valence-corrected chi connectivity index (χ3v) is 3.85. The molecule has 0 aromatic heterocycles. The molecule has 26 heavy (non-hydrogen) atoms. The minimum atomic E-state index is -2.80. The zero-order valence-electron chi connectivity index (χ0n) is 18.5. The Labute approximate surface area is 173 Å². The van der Waals surface area contributed by atoms with E-state index >= 15 is 0 Å². The fourth-order valence-corrected chi connectivity index (χ4v) is 2.87. The zero-order chi connectivity index (χ0) is 20.9. The maximum Gasteiger partial charge on any atom is 3.00 e. The van der Waals surface area contributed by atoms with E-state index in [4.69, 9.17) is 17.7 Å². The molecule has 0 rings (SSSR count). The predicted molar refractivity (Wildman–Crippen MR) is 103 cm³/mol. The standard InChI is InChI=1S/C8H20O4Si.3C3H7O.Al/c1-5-9-13(10-6-2,11-7-3)12-8-4;3*1-3(2)4;/h5-8H2,1-4H3;3*3H,1-2H3;/q;3*-1;+3. The van der Waals surface area contributed by atoms with Gasteiger partial charge in [0, 0.05) is 26.4 Å². The maximum absolute atomic E-state index is 9.53. The molecule has 0 aromatic rings. The molecule has 0 fully saturated rings. The van der Waals surface area contributed by atoms with E-state index in [0.29, 0.717) is 26.4 Å². The summed E-state index contributed by atoms with van der Waals surface area (Å²) in [6.45, 7) is 19.5. The van der Waals surface area contributed by atoms with Crippen molar-refractivity contribution in [2.24, 2.45) is 0 Å². The molecule has 0 saturated heterocycles. The molecule has 0 aliphatic rings. The van der Waals surface area contributed by atoms with Gasteiger partial charge in [-0.3, -0.25) is 0 Å². The van der Waals surface area contributed by atoms with Crippen LogP contribution in [-0.4, -0.2) is 71.1 Å². The number of hydrogen-bond acceptors (Lipinski definition) is 7. The van der Waals surface area contributed by atoms with Crippen LogP contribution in [0.15, 0.2) is 0 Å². The Kier molecular flexibility index (Phi) is 39.7. The van der Waals surface area contributed by atoms with Gasteiger partial charge in [0.2, 0.25) is 0 Å². The molecule has 7 nitrogen and oxygen atoms in total. The summed E-state index contributed by atoms with van der Waals surface area (Å²) in [6, 6.07) is 0. The molecule has 158 valence electrons. The predicted octanol–water partition coefficient (Wildman–Crippen LogP) is 0.453. The molecule has 9 heteroatoms. The first-order valence-electron chi connectivity index (χ1n) is 8.97. The molecule has 0 atom stereocenters. The first-order chi connectivity index (χ1) is 11.4. The second-order valence-corrected chi connectivity index (χ2v) is 7.53. The average molecular weight is 413 g/mol. The minimum Gasteiger partial charge on any atom is -0.852 e. The molecule has 0 spiro atoms. The molecule has 0 unspecified atom stereocenters. The summed E-state index contributed by atoms with van der Waals surface area (Å²) in [6.07, 6.45) is -1.25. The molecule has 0 N–H and O–H groups in total. The quantitative estimate of drug-likeness (QED) is 0.533. The van der Waals surface area contributed by atoms with Crippen LogP contribution in [0.5, 0.6) is 0 Å². The first kappa shape index (κ1) is 37.3. The molecule has 0 aliphatic heterocycles. The first-order valence-corrected chi connectivity index (χ1v) is 10.6. The Hall–Kier alpha value is 0.469. The van der Waals surface area contributed by atoms with Gasteiger partial charge in [0.25, 0.3) is 0 Å². The fraction of sp³-hybridized carbons (Fsp3) is 1.00. The van der Waals surface area contributed by atoms with Gasteiger partial charge in [-0.2, -0.15) is 0 Å². The Bertz CT molecular complexity index is 181. The van der Waals surface area contributed by atoms with Crippen molar-refractivity contribution in [3.63, 3.8) is 0 Å². The van der Waals surface area contributed by atoms with Gasteiger partial charge in [-0.15, -0.1) is 18.3 Å². The van der Waals surface area contributed by atoms with E-state index in [1.807, 2.05) is 27.7 Å². The largest absolute Gasteiger partial charge is 3.00 e. The SMILES string of the molecule is CC(C)[O-].CC(C)[O-].CC(C)[O-].CCO[Si](OCC)(OCC)OCC.[Al+3]. The van der Waals surface area contributed by atoms with E-state index in [1.54, 1.807) is 41.5 Å². The molecule has 0 radical (unpaired) electrons. The monoisotopic (exact) mass is 412 g/mol. The minimum absolute atomic E-state index is 0. The third kappa shape index (κ3) is 49.7. The van der Waals surface area contributed by atoms with Crippen LogP contribution in [-0.2, 0) is 17.7 Å². The summed E-state index contributed by atoms with van der Waals surface area (Å²) in [5.41, 5.74) is 0. The Morgan fingerprint density at radius 2 is 0.654 bits per heavy atom. The van der Waals surface area contributed by atoms with Crippen molar-refractivity contribution in [3.05, 3.63) is 0 Å². The molecular weight excluding hydrogens is 371 g/mol. The Balaban J connectivity index is -0.0000000933. The number of hydrogen-bond donors (Lipinski definition) is 0. The normalized spacial score (nSPS) is 10.2.